The van der Waals surface area contributed by atoms with Crippen LogP contribution >= 0.6 is 11.3 Å². The fourth-order valence-electron chi connectivity index (χ4n) is 2.52. The van der Waals surface area contributed by atoms with Gasteiger partial charge in [-0.25, -0.2) is 4.98 Å². The topological polar surface area (TPSA) is 105 Å². The molecule has 7 nitrogen and oxygen atoms in total. The summed E-state index contributed by atoms with van der Waals surface area (Å²) >= 11 is 1.29. The molecule has 8 heteroatoms. The van der Waals surface area contributed by atoms with Crippen molar-refractivity contribution in [2.24, 2.45) is 0 Å². The number of aromatic nitrogens is 1. The van der Waals surface area contributed by atoms with Crippen molar-refractivity contribution < 1.29 is 14.8 Å². The van der Waals surface area contributed by atoms with E-state index in [0.717, 1.165) is 10.6 Å². The van der Waals surface area contributed by atoms with Gasteiger partial charge in [0.2, 0.25) is 0 Å². The highest BCUT2D eigenvalue weighted by atomic mass is 32.1. The predicted molar refractivity (Wildman–Crippen MR) is 103 cm³/mol. The number of nitro groups is 1. The van der Waals surface area contributed by atoms with Crippen molar-refractivity contribution in [3.05, 3.63) is 80.8 Å². The first kappa shape index (κ1) is 18.7. The van der Waals surface area contributed by atoms with Crippen LogP contribution in [0.3, 0.4) is 0 Å². The Kier molecular flexibility index (Phi) is 5.58. The Morgan fingerprint density at radius 2 is 1.89 bits per heavy atom. The minimum absolute atomic E-state index is 0.00530. The van der Waals surface area contributed by atoms with Gasteiger partial charge in [0.05, 0.1) is 16.7 Å². The lowest BCUT2D eigenvalue weighted by Crippen LogP contribution is -2.28. The molecule has 0 bridgehead atoms. The average Bonchev–Trinajstić information content (AvgIpc) is 3.08. The molecule has 1 unspecified atom stereocenters. The van der Waals surface area contributed by atoms with Crippen LogP contribution in [0.4, 0.5) is 5.69 Å². The minimum atomic E-state index is -0.962. The molecule has 1 amide bonds. The van der Waals surface area contributed by atoms with Gasteiger partial charge in [-0.1, -0.05) is 30.3 Å². The predicted octanol–water partition coefficient (Wildman–Crippen LogP) is 3.49. The van der Waals surface area contributed by atoms with Crippen molar-refractivity contribution in [2.75, 3.05) is 6.54 Å². The van der Waals surface area contributed by atoms with Crippen molar-refractivity contribution in [3.63, 3.8) is 0 Å². The van der Waals surface area contributed by atoms with Crippen LogP contribution in [0.15, 0.2) is 54.6 Å². The standard InChI is InChI=1S/C19H17N3O4S/c1-12-17(27-19(21-12)14-5-3-2-4-6-14)18(24)20-11-16(23)13-7-9-15(10-8-13)22(25)26/h2-10,16,23H,11H2,1H3,(H,20,24). The molecular weight excluding hydrogens is 366 g/mol. The van der Waals surface area contributed by atoms with E-state index in [0.29, 0.717) is 16.1 Å². The maximum absolute atomic E-state index is 12.4. The molecule has 1 aromatic heterocycles. The van der Waals surface area contributed by atoms with Gasteiger partial charge in [-0.3, -0.25) is 14.9 Å². The smallest absolute Gasteiger partial charge is 0.269 e. The molecule has 0 aliphatic carbocycles. The van der Waals surface area contributed by atoms with E-state index in [9.17, 15) is 20.0 Å². The van der Waals surface area contributed by atoms with E-state index < -0.39 is 11.0 Å². The van der Waals surface area contributed by atoms with E-state index in [1.54, 1.807) is 6.92 Å². The number of aryl methyl sites for hydroxylation is 1. The first-order valence-electron chi connectivity index (χ1n) is 8.19. The van der Waals surface area contributed by atoms with Crippen LogP contribution < -0.4 is 5.32 Å². The number of hydrogen-bond acceptors (Lipinski definition) is 6. The van der Waals surface area contributed by atoms with Gasteiger partial charge >= 0.3 is 0 Å². The van der Waals surface area contributed by atoms with Gasteiger partial charge in [-0.15, -0.1) is 11.3 Å². The van der Waals surface area contributed by atoms with E-state index >= 15 is 0 Å². The normalized spacial score (nSPS) is 11.8. The number of nitrogens with one attached hydrogen (secondary N) is 1. The average molecular weight is 383 g/mol. The summed E-state index contributed by atoms with van der Waals surface area (Å²) in [6.07, 6.45) is -0.962. The number of benzene rings is 2. The second-order valence-electron chi connectivity index (χ2n) is 5.87. The van der Waals surface area contributed by atoms with Crippen LogP contribution in [0.25, 0.3) is 10.6 Å². The first-order valence-corrected chi connectivity index (χ1v) is 9.01. The number of carbonyl (C=O) groups is 1. The number of nitro benzene ring substituents is 1. The SMILES string of the molecule is Cc1nc(-c2ccccc2)sc1C(=O)NCC(O)c1ccc([N+](=O)[O-])cc1. The Balaban J connectivity index is 1.65. The second kappa shape index (κ2) is 8.07. The highest BCUT2D eigenvalue weighted by molar-refractivity contribution is 7.17. The Morgan fingerprint density at radius 1 is 1.22 bits per heavy atom. The van der Waals surface area contributed by atoms with Crippen molar-refractivity contribution in [1.29, 1.82) is 0 Å². The summed E-state index contributed by atoms with van der Waals surface area (Å²) in [7, 11) is 0. The molecule has 0 aliphatic heterocycles. The van der Waals surface area contributed by atoms with Crippen LogP contribution in [-0.2, 0) is 0 Å². The van der Waals surface area contributed by atoms with E-state index in [1.807, 2.05) is 30.3 Å². The number of rotatable bonds is 6. The molecule has 0 spiro atoms. The molecule has 0 saturated carbocycles. The number of aliphatic hydroxyl groups is 1. The number of amides is 1. The third kappa shape index (κ3) is 4.36. The molecule has 0 radical (unpaired) electrons. The van der Waals surface area contributed by atoms with Gasteiger partial charge in [-0.05, 0) is 24.6 Å². The number of aliphatic hydroxyl groups excluding tert-OH is 1. The molecule has 2 aromatic carbocycles. The Hall–Kier alpha value is -3.10. The summed E-state index contributed by atoms with van der Waals surface area (Å²) in [6, 6.07) is 15.2. The fourth-order valence-corrected chi connectivity index (χ4v) is 3.51. The molecule has 1 atom stereocenters. The molecule has 0 saturated heterocycles. The summed E-state index contributed by atoms with van der Waals surface area (Å²) < 4.78 is 0. The molecule has 27 heavy (non-hydrogen) atoms. The molecule has 1 heterocycles. The lowest BCUT2D eigenvalue weighted by atomic mass is 10.1. The first-order chi connectivity index (χ1) is 13.0. The highest BCUT2D eigenvalue weighted by Gasteiger charge is 2.18. The number of non-ortho nitro benzene ring substituents is 1. The van der Waals surface area contributed by atoms with Gasteiger partial charge in [-0.2, -0.15) is 0 Å². The van der Waals surface area contributed by atoms with Crippen LogP contribution in [0.2, 0.25) is 0 Å². The molecular formula is C19H17N3O4S. The van der Waals surface area contributed by atoms with Gasteiger partial charge in [0, 0.05) is 24.2 Å². The van der Waals surface area contributed by atoms with E-state index in [4.69, 9.17) is 0 Å². The van der Waals surface area contributed by atoms with Crippen molar-refractivity contribution in [3.8, 4) is 10.6 Å². The largest absolute Gasteiger partial charge is 0.387 e. The van der Waals surface area contributed by atoms with Gasteiger partial charge in [0.25, 0.3) is 11.6 Å². The molecule has 3 rings (SSSR count). The zero-order chi connectivity index (χ0) is 19.4. The molecule has 138 valence electrons. The third-order valence-electron chi connectivity index (χ3n) is 3.97. The van der Waals surface area contributed by atoms with E-state index in [2.05, 4.69) is 10.3 Å². The molecule has 0 fully saturated rings. The van der Waals surface area contributed by atoms with Crippen LogP contribution in [0.5, 0.6) is 0 Å². The zero-order valence-electron chi connectivity index (χ0n) is 14.5. The molecule has 3 aromatic rings. The van der Waals surface area contributed by atoms with Gasteiger partial charge in [0.1, 0.15) is 9.88 Å². The maximum Gasteiger partial charge on any atom is 0.269 e. The monoisotopic (exact) mass is 383 g/mol. The zero-order valence-corrected chi connectivity index (χ0v) is 15.3. The van der Waals surface area contributed by atoms with Crippen molar-refractivity contribution in [1.82, 2.24) is 10.3 Å². The summed E-state index contributed by atoms with van der Waals surface area (Å²) in [4.78, 5) is 27.6. The lowest BCUT2D eigenvalue weighted by molar-refractivity contribution is -0.384. The fraction of sp³-hybridized carbons (Fsp3) is 0.158. The maximum atomic E-state index is 12.4. The minimum Gasteiger partial charge on any atom is -0.387 e. The Morgan fingerprint density at radius 3 is 2.52 bits per heavy atom. The number of hydrogen-bond donors (Lipinski definition) is 2. The summed E-state index contributed by atoms with van der Waals surface area (Å²) in [5.74, 6) is -0.312. The molecule has 2 N–H and O–H groups in total. The number of thiazole rings is 1. The van der Waals surface area contributed by atoms with E-state index in [1.165, 1.54) is 35.6 Å². The van der Waals surface area contributed by atoms with E-state index in [-0.39, 0.29) is 18.1 Å². The lowest BCUT2D eigenvalue weighted by Gasteiger charge is -2.11. The number of nitrogens with zero attached hydrogens (tertiary/aromatic N) is 2. The highest BCUT2D eigenvalue weighted by Crippen LogP contribution is 2.27. The van der Waals surface area contributed by atoms with Crippen molar-refractivity contribution >= 4 is 22.9 Å². The summed E-state index contributed by atoms with van der Waals surface area (Å²) in [6.45, 7) is 1.76. The summed E-state index contributed by atoms with van der Waals surface area (Å²) in [5.41, 5.74) is 2.01. The quantitative estimate of drug-likeness (QED) is 0.501. The second-order valence-corrected chi connectivity index (χ2v) is 6.87. The Bertz CT molecular complexity index is 955. The van der Waals surface area contributed by atoms with Crippen LogP contribution in [0.1, 0.15) is 27.0 Å². The van der Waals surface area contributed by atoms with Gasteiger partial charge in [0.15, 0.2) is 0 Å². The third-order valence-corrected chi connectivity index (χ3v) is 5.17. The Labute approximate surface area is 159 Å². The van der Waals surface area contributed by atoms with Crippen molar-refractivity contribution in [2.45, 2.75) is 13.0 Å². The molecule has 0 aliphatic rings. The summed E-state index contributed by atoms with van der Waals surface area (Å²) in [5, 5.41) is 24.3. The number of carbonyl (C=O) groups excluding carboxylic acids is 1. The van der Waals surface area contributed by atoms with Crippen LogP contribution in [-0.4, -0.2) is 27.5 Å². The van der Waals surface area contributed by atoms with Crippen LogP contribution in [0, 0.1) is 17.0 Å². The van der Waals surface area contributed by atoms with Gasteiger partial charge < -0.3 is 10.4 Å².